The largest absolute Gasteiger partial charge is 0.469 e. The second-order valence-corrected chi connectivity index (χ2v) is 5.18. The number of ether oxygens (including phenoxy) is 1. The number of rotatable bonds is 10. The first-order valence-electron chi connectivity index (χ1n) is 8.25. The number of unbranched alkanes of at least 4 members (excludes halogenated alkanes) is 3. The van der Waals surface area contributed by atoms with Crippen molar-refractivity contribution in [1.29, 1.82) is 0 Å². The first-order valence-corrected chi connectivity index (χ1v) is 8.25. The molecule has 1 heterocycles. The standard InChI is InChI=1S/C17H28N4O2/c1-3-18-17(21-14-15-10-7-9-12-19-15)20-13-8-5-4-6-11-16(22)23-2/h7,9-10,12H,3-6,8,11,13-14H2,1-2H3,(H2,18,20,21). The zero-order chi connectivity index (χ0) is 16.8. The molecule has 0 amide bonds. The number of nitrogens with one attached hydrogen (secondary N) is 2. The Kier molecular flexibility index (Phi) is 10.2. The minimum atomic E-state index is -0.126. The summed E-state index contributed by atoms with van der Waals surface area (Å²) in [6.07, 6.45) is 6.36. The van der Waals surface area contributed by atoms with Gasteiger partial charge in [-0.3, -0.25) is 9.78 Å². The monoisotopic (exact) mass is 320 g/mol. The van der Waals surface area contributed by atoms with E-state index in [-0.39, 0.29) is 5.97 Å². The lowest BCUT2D eigenvalue weighted by Gasteiger charge is -2.11. The highest BCUT2D eigenvalue weighted by Crippen LogP contribution is 2.03. The molecule has 0 aliphatic heterocycles. The van der Waals surface area contributed by atoms with E-state index in [9.17, 15) is 4.79 Å². The van der Waals surface area contributed by atoms with E-state index < -0.39 is 0 Å². The van der Waals surface area contributed by atoms with Gasteiger partial charge in [0.15, 0.2) is 5.96 Å². The van der Waals surface area contributed by atoms with Gasteiger partial charge in [-0.1, -0.05) is 18.9 Å². The predicted octanol–water partition coefficient (Wildman–Crippen LogP) is 2.26. The lowest BCUT2D eigenvalue weighted by molar-refractivity contribution is -0.140. The minimum Gasteiger partial charge on any atom is -0.469 e. The number of esters is 1. The molecule has 0 bridgehead atoms. The zero-order valence-electron chi connectivity index (χ0n) is 14.2. The van der Waals surface area contributed by atoms with Gasteiger partial charge in [-0.25, -0.2) is 4.99 Å². The molecular formula is C17H28N4O2. The number of guanidine groups is 1. The highest BCUT2D eigenvalue weighted by molar-refractivity contribution is 5.79. The van der Waals surface area contributed by atoms with Crippen molar-refractivity contribution in [3.05, 3.63) is 30.1 Å². The average Bonchev–Trinajstić information content (AvgIpc) is 2.59. The fraction of sp³-hybridized carbons (Fsp3) is 0.588. The Bertz CT molecular complexity index is 463. The maximum Gasteiger partial charge on any atom is 0.305 e. The number of nitrogens with zero attached hydrogens (tertiary/aromatic N) is 2. The van der Waals surface area contributed by atoms with E-state index in [0.29, 0.717) is 13.0 Å². The van der Waals surface area contributed by atoms with Crippen LogP contribution in [0.5, 0.6) is 0 Å². The van der Waals surface area contributed by atoms with Crippen molar-refractivity contribution in [1.82, 2.24) is 15.6 Å². The van der Waals surface area contributed by atoms with Crippen molar-refractivity contribution in [3.63, 3.8) is 0 Å². The van der Waals surface area contributed by atoms with Crippen LogP contribution in [0, 0.1) is 0 Å². The predicted molar refractivity (Wildman–Crippen MR) is 92.2 cm³/mol. The smallest absolute Gasteiger partial charge is 0.305 e. The Morgan fingerprint density at radius 2 is 2.04 bits per heavy atom. The maximum absolute atomic E-state index is 11.0. The summed E-state index contributed by atoms with van der Waals surface area (Å²) in [5.41, 5.74) is 0.951. The summed E-state index contributed by atoms with van der Waals surface area (Å²) in [7, 11) is 1.43. The zero-order valence-corrected chi connectivity index (χ0v) is 14.2. The van der Waals surface area contributed by atoms with Crippen LogP contribution in [-0.4, -0.2) is 37.1 Å². The molecule has 0 atom stereocenters. The summed E-state index contributed by atoms with van der Waals surface area (Å²) < 4.78 is 4.62. The van der Waals surface area contributed by atoms with Crippen molar-refractivity contribution in [2.75, 3.05) is 20.2 Å². The van der Waals surface area contributed by atoms with Crippen LogP contribution in [0.4, 0.5) is 0 Å². The lowest BCUT2D eigenvalue weighted by Crippen LogP contribution is -2.37. The Morgan fingerprint density at radius 1 is 1.22 bits per heavy atom. The van der Waals surface area contributed by atoms with Crippen molar-refractivity contribution < 1.29 is 9.53 Å². The molecule has 6 nitrogen and oxygen atoms in total. The summed E-state index contributed by atoms with van der Waals surface area (Å²) in [6, 6.07) is 5.83. The van der Waals surface area contributed by atoms with Gasteiger partial charge < -0.3 is 15.4 Å². The number of aromatic nitrogens is 1. The molecule has 0 aromatic carbocycles. The molecule has 128 valence electrons. The quantitative estimate of drug-likeness (QED) is 0.299. The summed E-state index contributed by atoms with van der Waals surface area (Å²) in [6.45, 7) is 4.31. The fourth-order valence-electron chi connectivity index (χ4n) is 2.05. The molecule has 6 heteroatoms. The third-order valence-corrected chi connectivity index (χ3v) is 3.30. The molecule has 23 heavy (non-hydrogen) atoms. The first kappa shape index (κ1) is 18.9. The van der Waals surface area contributed by atoms with Crippen LogP contribution >= 0.6 is 0 Å². The molecule has 2 N–H and O–H groups in total. The molecule has 0 fully saturated rings. The number of aliphatic imine (C=N–C) groups is 1. The molecule has 0 saturated carbocycles. The number of pyridine rings is 1. The molecule has 1 aromatic rings. The summed E-state index contributed by atoms with van der Waals surface area (Å²) in [5, 5.41) is 6.55. The van der Waals surface area contributed by atoms with Crippen LogP contribution in [0.1, 0.15) is 44.7 Å². The molecule has 1 aromatic heterocycles. The number of hydrogen-bond donors (Lipinski definition) is 2. The number of methoxy groups -OCH3 is 1. The third-order valence-electron chi connectivity index (χ3n) is 3.30. The molecule has 0 radical (unpaired) electrons. The maximum atomic E-state index is 11.0. The van der Waals surface area contributed by atoms with Crippen LogP contribution in [0.25, 0.3) is 0 Å². The topological polar surface area (TPSA) is 75.6 Å². The second kappa shape index (κ2) is 12.4. The van der Waals surface area contributed by atoms with E-state index in [1.54, 1.807) is 6.20 Å². The van der Waals surface area contributed by atoms with E-state index in [1.807, 2.05) is 25.1 Å². The van der Waals surface area contributed by atoms with Gasteiger partial charge in [-0.05, 0) is 31.9 Å². The second-order valence-electron chi connectivity index (χ2n) is 5.18. The molecule has 0 aliphatic carbocycles. The van der Waals surface area contributed by atoms with Gasteiger partial charge in [0.1, 0.15) is 0 Å². The lowest BCUT2D eigenvalue weighted by atomic mass is 10.1. The molecule has 1 rings (SSSR count). The van der Waals surface area contributed by atoms with Gasteiger partial charge in [0.25, 0.3) is 0 Å². The third kappa shape index (κ3) is 9.50. The summed E-state index contributed by atoms with van der Waals surface area (Å²) in [5.74, 6) is 0.687. The van der Waals surface area contributed by atoms with Crippen LogP contribution in [0.2, 0.25) is 0 Å². The van der Waals surface area contributed by atoms with E-state index in [0.717, 1.165) is 50.4 Å². The molecule has 0 aliphatic rings. The van der Waals surface area contributed by atoms with Gasteiger partial charge in [-0.2, -0.15) is 0 Å². The highest BCUT2D eigenvalue weighted by atomic mass is 16.5. The Balaban J connectivity index is 2.19. The SMILES string of the molecule is CCNC(=NCc1ccccn1)NCCCCCCC(=O)OC. The van der Waals surface area contributed by atoms with Crippen molar-refractivity contribution in [3.8, 4) is 0 Å². The summed E-state index contributed by atoms with van der Waals surface area (Å²) >= 11 is 0. The van der Waals surface area contributed by atoms with Gasteiger partial charge >= 0.3 is 5.97 Å². The van der Waals surface area contributed by atoms with Crippen molar-refractivity contribution in [2.24, 2.45) is 4.99 Å². The van der Waals surface area contributed by atoms with Gasteiger partial charge in [0.05, 0.1) is 19.3 Å². The molecule has 0 saturated heterocycles. The highest BCUT2D eigenvalue weighted by Gasteiger charge is 2.00. The Morgan fingerprint density at radius 3 is 2.74 bits per heavy atom. The Hall–Kier alpha value is -2.11. The van der Waals surface area contributed by atoms with E-state index in [4.69, 9.17) is 0 Å². The van der Waals surface area contributed by atoms with Crippen LogP contribution in [0.15, 0.2) is 29.4 Å². The number of carbonyl (C=O) groups excluding carboxylic acids is 1. The van der Waals surface area contributed by atoms with E-state index in [2.05, 4.69) is 25.3 Å². The number of hydrogen-bond acceptors (Lipinski definition) is 4. The average molecular weight is 320 g/mol. The Labute approximate surface area is 138 Å². The summed E-state index contributed by atoms with van der Waals surface area (Å²) in [4.78, 5) is 19.8. The van der Waals surface area contributed by atoms with Crippen molar-refractivity contribution >= 4 is 11.9 Å². The molecular weight excluding hydrogens is 292 g/mol. The van der Waals surface area contributed by atoms with Crippen molar-refractivity contribution in [2.45, 2.75) is 45.6 Å². The minimum absolute atomic E-state index is 0.126. The first-order chi connectivity index (χ1) is 11.3. The van der Waals surface area contributed by atoms with Gasteiger partial charge in [0.2, 0.25) is 0 Å². The normalized spacial score (nSPS) is 11.1. The van der Waals surface area contributed by atoms with Crippen LogP contribution in [-0.2, 0) is 16.1 Å². The van der Waals surface area contributed by atoms with Crippen LogP contribution in [0.3, 0.4) is 0 Å². The van der Waals surface area contributed by atoms with E-state index in [1.165, 1.54) is 7.11 Å². The van der Waals surface area contributed by atoms with Crippen LogP contribution < -0.4 is 10.6 Å². The van der Waals surface area contributed by atoms with Gasteiger partial charge in [-0.15, -0.1) is 0 Å². The fourth-order valence-corrected chi connectivity index (χ4v) is 2.05. The number of carbonyl (C=O) groups is 1. The van der Waals surface area contributed by atoms with E-state index >= 15 is 0 Å². The molecule has 0 spiro atoms. The molecule has 0 unspecified atom stereocenters. The van der Waals surface area contributed by atoms with Gasteiger partial charge in [0, 0.05) is 25.7 Å².